The van der Waals surface area contributed by atoms with Gasteiger partial charge in [-0.05, 0) is 30.3 Å². The van der Waals surface area contributed by atoms with E-state index in [2.05, 4.69) is 14.8 Å². The molecule has 0 radical (unpaired) electrons. The first-order chi connectivity index (χ1) is 11.1. The van der Waals surface area contributed by atoms with Crippen molar-refractivity contribution in [3.63, 3.8) is 0 Å². The second kappa shape index (κ2) is 5.43. The van der Waals surface area contributed by atoms with E-state index in [1.54, 1.807) is 0 Å². The summed E-state index contributed by atoms with van der Waals surface area (Å²) in [4.78, 5) is 4.07. The highest BCUT2D eigenvalue weighted by atomic mass is 19.4. The molecule has 0 unspecified atom stereocenters. The second-order valence-electron chi connectivity index (χ2n) is 5.12. The maximum atomic E-state index is 13.6. The third-order valence-electron chi connectivity index (χ3n) is 3.27. The van der Waals surface area contributed by atoms with Gasteiger partial charge >= 0.3 is 6.36 Å². The first kappa shape index (κ1) is 16.2. The smallest absolute Gasteiger partial charge is 0.406 e. The van der Waals surface area contributed by atoms with E-state index in [1.165, 1.54) is 29.0 Å². The van der Waals surface area contributed by atoms with Crippen LogP contribution in [0.5, 0.6) is 5.75 Å². The Hall–Kier alpha value is -2.71. The Morgan fingerprint density at radius 2 is 1.71 bits per heavy atom. The number of ether oxygens (including phenoxy) is 1. The SMILES string of the molecule is CC(F)(F)c1cnn2cnc(-c3ccc(OC(F)(F)F)cc3)cc12. The van der Waals surface area contributed by atoms with Crippen LogP contribution in [-0.2, 0) is 5.92 Å². The zero-order valence-electron chi connectivity index (χ0n) is 12.2. The van der Waals surface area contributed by atoms with Crippen molar-refractivity contribution in [2.24, 2.45) is 0 Å². The normalized spacial score (nSPS) is 12.6. The molecular formula is C15H10F5N3O. The lowest BCUT2D eigenvalue weighted by atomic mass is 10.1. The summed E-state index contributed by atoms with van der Waals surface area (Å²) in [6.07, 6.45) is -2.46. The van der Waals surface area contributed by atoms with E-state index in [4.69, 9.17) is 0 Å². The average Bonchev–Trinajstić information content (AvgIpc) is 2.89. The molecule has 1 aromatic carbocycles. The van der Waals surface area contributed by atoms with E-state index >= 15 is 0 Å². The number of aromatic nitrogens is 3. The van der Waals surface area contributed by atoms with Gasteiger partial charge in [0, 0.05) is 12.5 Å². The molecule has 0 fully saturated rings. The zero-order chi connectivity index (χ0) is 17.5. The van der Waals surface area contributed by atoms with Gasteiger partial charge in [0.1, 0.15) is 12.1 Å². The van der Waals surface area contributed by atoms with Gasteiger partial charge < -0.3 is 4.74 Å². The van der Waals surface area contributed by atoms with Crippen molar-refractivity contribution in [1.29, 1.82) is 0 Å². The number of halogens is 5. The molecule has 2 aromatic heterocycles. The van der Waals surface area contributed by atoms with Crippen LogP contribution in [0.2, 0.25) is 0 Å². The molecule has 0 saturated heterocycles. The Kier molecular flexibility index (Phi) is 3.66. The molecular weight excluding hydrogens is 333 g/mol. The molecule has 4 nitrogen and oxygen atoms in total. The number of alkyl halides is 5. The van der Waals surface area contributed by atoms with Gasteiger partial charge in [0.05, 0.1) is 23.0 Å². The van der Waals surface area contributed by atoms with Crippen LogP contribution in [0.4, 0.5) is 22.0 Å². The van der Waals surface area contributed by atoms with E-state index in [-0.39, 0.29) is 16.8 Å². The van der Waals surface area contributed by atoms with Crippen molar-refractivity contribution in [3.05, 3.63) is 48.4 Å². The van der Waals surface area contributed by atoms with E-state index < -0.39 is 12.3 Å². The number of benzene rings is 1. The molecule has 9 heteroatoms. The standard InChI is InChI=1S/C15H10F5N3O/c1-14(16,17)11-7-22-23-8-21-12(6-13(11)23)9-2-4-10(5-3-9)24-15(18,19)20/h2-8H,1H3. The Morgan fingerprint density at radius 3 is 2.29 bits per heavy atom. The fourth-order valence-corrected chi connectivity index (χ4v) is 2.21. The molecule has 0 spiro atoms. The van der Waals surface area contributed by atoms with Gasteiger partial charge in [-0.3, -0.25) is 0 Å². The Morgan fingerprint density at radius 1 is 1.04 bits per heavy atom. The number of rotatable bonds is 3. The molecule has 3 rings (SSSR count). The zero-order valence-corrected chi connectivity index (χ0v) is 12.2. The van der Waals surface area contributed by atoms with Crippen LogP contribution in [-0.4, -0.2) is 21.0 Å². The topological polar surface area (TPSA) is 39.4 Å². The lowest BCUT2D eigenvalue weighted by Crippen LogP contribution is -2.16. The van der Waals surface area contributed by atoms with Gasteiger partial charge in [-0.15, -0.1) is 13.2 Å². The largest absolute Gasteiger partial charge is 0.573 e. The summed E-state index contributed by atoms with van der Waals surface area (Å²) in [6.45, 7) is 0.757. The summed E-state index contributed by atoms with van der Waals surface area (Å²) in [5.74, 6) is -3.46. The lowest BCUT2D eigenvalue weighted by molar-refractivity contribution is -0.274. The average molecular weight is 343 g/mol. The molecule has 0 aliphatic heterocycles. The molecule has 2 heterocycles. The highest BCUT2D eigenvalue weighted by Crippen LogP contribution is 2.32. The predicted octanol–water partition coefficient (Wildman–Crippen LogP) is 4.41. The Balaban J connectivity index is 1.97. The van der Waals surface area contributed by atoms with Gasteiger partial charge in [-0.25, -0.2) is 18.3 Å². The number of fused-ring (bicyclic) bond motifs is 1. The van der Waals surface area contributed by atoms with Gasteiger partial charge in [-0.2, -0.15) is 5.10 Å². The van der Waals surface area contributed by atoms with Crippen LogP contribution in [0.25, 0.3) is 16.8 Å². The van der Waals surface area contributed by atoms with Crippen molar-refractivity contribution in [1.82, 2.24) is 14.6 Å². The molecule has 0 aliphatic carbocycles. The van der Waals surface area contributed by atoms with Crippen molar-refractivity contribution in [2.75, 3.05) is 0 Å². The minimum absolute atomic E-state index is 0.170. The van der Waals surface area contributed by atoms with Crippen LogP contribution >= 0.6 is 0 Å². The third-order valence-corrected chi connectivity index (χ3v) is 3.27. The molecule has 126 valence electrons. The lowest BCUT2D eigenvalue weighted by Gasteiger charge is -2.10. The molecule has 0 saturated carbocycles. The van der Waals surface area contributed by atoms with Crippen molar-refractivity contribution < 1.29 is 26.7 Å². The third kappa shape index (κ3) is 3.29. The quantitative estimate of drug-likeness (QED) is 0.662. The van der Waals surface area contributed by atoms with E-state index in [1.807, 2.05) is 0 Å². The van der Waals surface area contributed by atoms with Crippen LogP contribution in [0.1, 0.15) is 12.5 Å². The van der Waals surface area contributed by atoms with Crippen molar-refractivity contribution >= 4 is 5.52 Å². The van der Waals surface area contributed by atoms with Crippen LogP contribution in [0, 0.1) is 0 Å². The van der Waals surface area contributed by atoms with Crippen molar-refractivity contribution in [2.45, 2.75) is 19.2 Å². The summed E-state index contributed by atoms with van der Waals surface area (Å²) in [5.41, 5.74) is 0.692. The van der Waals surface area contributed by atoms with Gasteiger partial charge in [0.2, 0.25) is 0 Å². The van der Waals surface area contributed by atoms with Crippen LogP contribution in [0.3, 0.4) is 0 Å². The van der Waals surface area contributed by atoms with E-state index in [9.17, 15) is 22.0 Å². The minimum Gasteiger partial charge on any atom is -0.406 e. The summed E-state index contributed by atoms with van der Waals surface area (Å²) in [5, 5.41) is 3.80. The summed E-state index contributed by atoms with van der Waals surface area (Å²) < 4.78 is 68.6. The monoisotopic (exact) mass is 343 g/mol. The Labute approximate surface area is 132 Å². The molecule has 0 aliphatic rings. The predicted molar refractivity (Wildman–Crippen MR) is 74.7 cm³/mol. The van der Waals surface area contributed by atoms with Gasteiger partial charge in [0.25, 0.3) is 5.92 Å². The van der Waals surface area contributed by atoms with E-state index in [0.29, 0.717) is 11.3 Å². The van der Waals surface area contributed by atoms with Gasteiger partial charge in [0.15, 0.2) is 0 Å². The van der Waals surface area contributed by atoms with Gasteiger partial charge in [-0.1, -0.05) is 0 Å². The summed E-state index contributed by atoms with van der Waals surface area (Å²) >= 11 is 0. The first-order valence-electron chi connectivity index (χ1n) is 6.71. The van der Waals surface area contributed by atoms with Crippen LogP contribution < -0.4 is 4.74 Å². The fourth-order valence-electron chi connectivity index (χ4n) is 2.21. The minimum atomic E-state index is -4.78. The molecule has 3 aromatic rings. The number of hydrogen-bond donors (Lipinski definition) is 0. The van der Waals surface area contributed by atoms with E-state index in [0.717, 1.165) is 25.3 Å². The molecule has 0 bridgehead atoms. The number of nitrogens with zero attached hydrogens (tertiary/aromatic N) is 3. The second-order valence-corrected chi connectivity index (χ2v) is 5.12. The Bertz CT molecular complexity index is 865. The van der Waals surface area contributed by atoms with Crippen molar-refractivity contribution in [3.8, 4) is 17.0 Å². The highest BCUT2D eigenvalue weighted by Gasteiger charge is 2.31. The maximum absolute atomic E-state index is 13.6. The highest BCUT2D eigenvalue weighted by molar-refractivity contribution is 5.68. The molecule has 24 heavy (non-hydrogen) atoms. The molecule has 0 N–H and O–H groups in total. The van der Waals surface area contributed by atoms with Crippen LogP contribution in [0.15, 0.2) is 42.9 Å². The number of hydrogen-bond acceptors (Lipinski definition) is 3. The summed E-state index contributed by atoms with van der Waals surface area (Å²) in [7, 11) is 0. The maximum Gasteiger partial charge on any atom is 0.573 e. The summed E-state index contributed by atoms with van der Waals surface area (Å²) in [6, 6.07) is 6.38. The fraction of sp³-hybridized carbons (Fsp3) is 0.200. The molecule has 0 amide bonds. The first-order valence-corrected chi connectivity index (χ1v) is 6.71. The molecule has 0 atom stereocenters.